The predicted molar refractivity (Wildman–Crippen MR) is 109 cm³/mol. The first kappa shape index (κ1) is 19.5. The molecule has 4 nitrogen and oxygen atoms in total. The summed E-state index contributed by atoms with van der Waals surface area (Å²) in [5.74, 6) is 1.44. The van der Waals surface area contributed by atoms with Crippen LogP contribution >= 0.6 is 23.4 Å². The summed E-state index contributed by atoms with van der Waals surface area (Å²) in [6.45, 7) is 1.19. The van der Waals surface area contributed by atoms with Gasteiger partial charge in [-0.25, -0.2) is 12.7 Å². The third-order valence-corrected chi connectivity index (χ3v) is 7.79. The monoisotopic (exact) mass is 411 g/mol. The van der Waals surface area contributed by atoms with Crippen molar-refractivity contribution in [2.75, 3.05) is 31.2 Å². The summed E-state index contributed by atoms with van der Waals surface area (Å²) in [5.41, 5.74) is 1.09. The first-order valence-electron chi connectivity index (χ1n) is 8.58. The topological polar surface area (TPSA) is 46.6 Å². The van der Waals surface area contributed by atoms with Crippen LogP contribution in [0.5, 0.6) is 5.75 Å². The van der Waals surface area contributed by atoms with Crippen molar-refractivity contribution >= 4 is 33.4 Å². The summed E-state index contributed by atoms with van der Waals surface area (Å²) >= 11 is 8.07. The molecule has 1 aliphatic heterocycles. The second-order valence-electron chi connectivity index (χ2n) is 6.05. The smallest absolute Gasteiger partial charge is 0.217 e. The Hall–Kier alpha value is -1.21. The number of thioether (sulfide) groups is 1. The maximum Gasteiger partial charge on any atom is 0.217 e. The van der Waals surface area contributed by atoms with E-state index >= 15 is 0 Å². The van der Waals surface area contributed by atoms with Gasteiger partial charge in [-0.1, -0.05) is 48.0 Å². The molecule has 0 radical (unpaired) electrons. The van der Waals surface area contributed by atoms with Crippen LogP contribution in [0.15, 0.2) is 54.6 Å². The van der Waals surface area contributed by atoms with E-state index in [0.717, 1.165) is 22.8 Å². The van der Waals surface area contributed by atoms with Crippen LogP contribution in [0.1, 0.15) is 17.2 Å². The number of nitrogens with zero attached hydrogens (tertiary/aromatic N) is 1. The molecule has 0 aromatic heterocycles. The minimum atomic E-state index is -3.33. The van der Waals surface area contributed by atoms with Crippen LogP contribution in [0.2, 0.25) is 5.02 Å². The molecule has 2 aromatic carbocycles. The maximum atomic E-state index is 12.6. The summed E-state index contributed by atoms with van der Waals surface area (Å²) in [4.78, 5) is 0. The molecule has 0 saturated carbocycles. The number of ether oxygens (including phenoxy) is 1. The van der Waals surface area contributed by atoms with Gasteiger partial charge in [0.1, 0.15) is 12.4 Å². The molecule has 0 spiro atoms. The van der Waals surface area contributed by atoms with Crippen LogP contribution in [0.3, 0.4) is 0 Å². The van der Waals surface area contributed by atoms with E-state index < -0.39 is 10.0 Å². The van der Waals surface area contributed by atoms with Crippen LogP contribution in [0, 0.1) is 0 Å². The lowest BCUT2D eigenvalue weighted by Crippen LogP contribution is -2.36. The van der Waals surface area contributed by atoms with Crippen LogP contribution in [-0.4, -0.2) is 43.9 Å². The zero-order chi connectivity index (χ0) is 18.4. The number of para-hydroxylation sites is 1. The largest absolute Gasteiger partial charge is 0.492 e. The van der Waals surface area contributed by atoms with E-state index in [9.17, 15) is 8.42 Å². The molecule has 1 saturated heterocycles. The van der Waals surface area contributed by atoms with Gasteiger partial charge < -0.3 is 4.74 Å². The van der Waals surface area contributed by atoms with Crippen LogP contribution in [0.25, 0.3) is 0 Å². The summed E-state index contributed by atoms with van der Waals surface area (Å²) in [7, 11) is -3.33. The molecule has 1 aliphatic rings. The highest BCUT2D eigenvalue weighted by molar-refractivity contribution is 7.99. The summed E-state index contributed by atoms with van der Waals surface area (Å²) in [5, 5.41) is 0.974. The molecular formula is C19H22ClNO3S2. The third-order valence-electron chi connectivity index (χ3n) is 4.30. The van der Waals surface area contributed by atoms with E-state index in [0.29, 0.717) is 18.8 Å². The predicted octanol–water partition coefficient (Wildman–Crippen LogP) is 4.23. The van der Waals surface area contributed by atoms with Crippen molar-refractivity contribution in [1.29, 1.82) is 0 Å². The maximum absolute atomic E-state index is 12.6. The van der Waals surface area contributed by atoms with Crippen molar-refractivity contribution in [3.8, 4) is 5.75 Å². The van der Waals surface area contributed by atoms with E-state index in [-0.39, 0.29) is 17.6 Å². The summed E-state index contributed by atoms with van der Waals surface area (Å²) < 4.78 is 32.4. The van der Waals surface area contributed by atoms with Gasteiger partial charge in [-0.15, -0.1) is 0 Å². The van der Waals surface area contributed by atoms with Gasteiger partial charge in [-0.2, -0.15) is 11.8 Å². The molecule has 3 rings (SSSR count). The van der Waals surface area contributed by atoms with E-state index in [4.69, 9.17) is 16.3 Å². The van der Waals surface area contributed by atoms with Crippen molar-refractivity contribution in [2.45, 2.75) is 11.7 Å². The van der Waals surface area contributed by atoms with Gasteiger partial charge in [0.2, 0.25) is 10.0 Å². The van der Waals surface area contributed by atoms with Gasteiger partial charge in [-0.3, -0.25) is 0 Å². The fraction of sp³-hybridized carbons (Fsp3) is 0.368. The Morgan fingerprint density at radius 1 is 1.08 bits per heavy atom. The fourth-order valence-corrected chi connectivity index (χ4v) is 5.94. The molecule has 26 heavy (non-hydrogen) atoms. The van der Waals surface area contributed by atoms with Crippen molar-refractivity contribution in [3.05, 3.63) is 65.2 Å². The number of benzene rings is 2. The van der Waals surface area contributed by atoms with Gasteiger partial charge in [0.25, 0.3) is 0 Å². The number of hydrogen-bond acceptors (Lipinski definition) is 4. The molecule has 0 amide bonds. The molecular weight excluding hydrogens is 390 g/mol. The number of sulfonamides is 1. The van der Waals surface area contributed by atoms with Crippen molar-refractivity contribution < 1.29 is 13.2 Å². The quantitative estimate of drug-likeness (QED) is 0.713. The molecule has 0 N–H and O–H groups in total. The molecule has 2 aromatic rings. The molecule has 1 unspecified atom stereocenters. The minimum absolute atomic E-state index is 0.0106. The van der Waals surface area contributed by atoms with E-state index in [1.165, 1.54) is 0 Å². The van der Waals surface area contributed by atoms with Crippen LogP contribution < -0.4 is 4.74 Å². The summed E-state index contributed by atoms with van der Waals surface area (Å²) in [6, 6.07) is 17.1. The second-order valence-corrected chi connectivity index (χ2v) is 9.85. The lowest BCUT2D eigenvalue weighted by molar-refractivity contribution is 0.335. The summed E-state index contributed by atoms with van der Waals surface area (Å²) in [6.07, 6.45) is 0.757. The Kier molecular flexibility index (Phi) is 6.86. The minimum Gasteiger partial charge on any atom is -0.492 e. The Labute approximate surface area is 164 Å². The molecule has 0 bridgehead atoms. The van der Waals surface area contributed by atoms with Gasteiger partial charge >= 0.3 is 0 Å². The molecule has 1 atom stereocenters. The van der Waals surface area contributed by atoms with E-state index in [1.807, 2.05) is 54.6 Å². The fourth-order valence-electron chi connectivity index (χ4n) is 2.92. The van der Waals surface area contributed by atoms with E-state index in [2.05, 4.69) is 0 Å². The molecule has 1 heterocycles. The molecule has 0 aliphatic carbocycles. The van der Waals surface area contributed by atoms with Crippen LogP contribution in [-0.2, 0) is 10.0 Å². The standard InChI is InChI=1S/C19H22ClNO3S2/c20-18-9-5-4-8-17(18)19-10-11-21(12-14-25-19)26(22,23)15-13-24-16-6-2-1-3-7-16/h1-9,19H,10-15H2. The molecule has 1 fully saturated rings. The SMILES string of the molecule is O=S(=O)(CCOc1ccccc1)N1CCSC(c2ccccc2Cl)CC1. The Morgan fingerprint density at radius 2 is 1.81 bits per heavy atom. The van der Waals surface area contributed by atoms with Crippen molar-refractivity contribution in [3.63, 3.8) is 0 Å². The van der Waals surface area contributed by atoms with E-state index in [1.54, 1.807) is 16.1 Å². The van der Waals surface area contributed by atoms with Gasteiger partial charge in [0.15, 0.2) is 0 Å². The lowest BCUT2D eigenvalue weighted by Gasteiger charge is -2.20. The second kappa shape index (κ2) is 9.13. The third kappa shape index (κ3) is 5.16. The average molecular weight is 412 g/mol. The highest BCUT2D eigenvalue weighted by Gasteiger charge is 2.27. The number of hydrogen-bond donors (Lipinski definition) is 0. The van der Waals surface area contributed by atoms with Gasteiger partial charge in [-0.05, 0) is 30.2 Å². The van der Waals surface area contributed by atoms with Crippen molar-refractivity contribution in [1.82, 2.24) is 4.31 Å². The van der Waals surface area contributed by atoms with Gasteiger partial charge in [0, 0.05) is 29.1 Å². The van der Waals surface area contributed by atoms with Gasteiger partial charge in [0.05, 0.1) is 5.75 Å². The first-order chi connectivity index (χ1) is 12.6. The first-order valence-corrected chi connectivity index (χ1v) is 11.6. The highest BCUT2D eigenvalue weighted by Crippen LogP contribution is 2.38. The molecule has 7 heteroatoms. The van der Waals surface area contributed by atoms with Crippen LogP contribution in [0.4, 0.5) is 0 Å². The molecule has 140 valence electrons. The highest BCUT2D eigenvalue weighted by atomic mass is 35.5. The normalized spacial score (nSPS) is 19.0. The Morgan fingerprint density at radius 3 is 2.58 bits per heavy atom. The Balaban J connectivity index is 1.56. The lowest BCUT2D eigenvalue weighted by atomic mass is 10.1. The Bertz CT molecular complexity index is 815. The zero-order valence-corrected chi connectivity index (χ0v) is 16.8. The average Bonchev–Trinajstić information content (AvgIpc) is 2.90. The number of halogens is 1. The number of rotatable bonds is 6. The zero-order valence-electron chi connectivity index (χ0n) is 14.4. The van der Waals surface area contributed by atoms with Crippen molar-refractivity contribution in [2.24, 2.45) is 0 Å².